The molecule has 2 aromatic heterocycles. The van der Waals surface area contributed by atoms with E-state index in [1.165, 1.54) is 19.4 Å². The first-order chi connectivity index (χ1) is 9.74. The van der Waals surface area contributed by atoms with Gasteiger partial charge in [-0.25, -0.2) is 4.98 Å². The number of thiazole rings is 1. The number of hydrogen-bond donors (Lipinski definition) is 0. The molecular formula is C14H20N4OS. The average Bonchev–Trinajstić information content (AvgIpc) is 3.12. The van der Waals surface area contributed by atoms with E-state index in [-0.39, 0.29) is 0 Å². The number of carbonyl (C=O) groups is 1. The summed E-state index contributed by atoms with van der Waals surface area (Å²) in [6.45, 7) is 5.42. The Balaban J connectivity index is 1.83. The Labute approximate surface area is 122 Å². The molecule has 6 heteroatoms. The van der Waals surface area contributed by atoms with Gasteiger partial charge in [0, 0.05) is 31.2 Å². The molecule has 1 saturated heterocycles. The van der Waals surface area contributed by atoms with E-state index in [1.807, 2.05) is 23.0 Å². The monoisotopic (exact) mass is 292 g/mol. The van der Waals surface area contributed by atoms with Gasteiger partial charge in [-0.1, -0.05) is 6.92 Å². The van der Waals surface area contributed by atoms with E-state index < -0.39 is 0 Å². The van der Waals surface area contributed by atoms with Gasteiger partial charge < -0.3 is 4.90 Å². The molecule has 0 spiro atoms. The van der Waals surface area contributed by atoms with Crippen LogP contribution in [0.4, 0.5) is 5.82 Å². The lowest BCUT2D eigenvalue weighted by molar-refractivity contribution is 0.111. The Morgan fingerprint density at radius 3 is 3.20 bits per heavy atom. The topological polar surface area (TPSA) is 40.9 Å². The van der Waals surface area contributed by atoms with Crippen molar-refractivity contribution in [2.75, 3.05) is 31.6 Å². The molecule has 0 bridgehead atoms. The summed E-state index contributed by atoms with van der Waals surface area (Å²) < 4.78 is 1.87. The lowest BCUT2D eigenvalue weighted by atomic mass is 10.2. The predicted molar refractivity (Wildman–Crippen MR) is 82.0 cm³/mol. The first-order valence-electron chi connectivity index (χ1n) is 7.10. The summed E-state index contributed by atoms with van der Waals surface area (Å²) in [6.07, 6.45) is 5.31. The Hall–Kier alpha value is -1.40. The van der Waals surface area contributed by atoms with Crippen LogP contribution in [0.3, 0.4) is 0 Å². The summed E-state index contributed by atoms with van der Waals surface area (Å²) in [4.78, 5) is 21.5. The number of likely N-dealkylation sites (N-methyl/N-ethyl adjacent to an activating group) is 2. The molecule has 1 unspecified atom stereocenters. The fourth-order valence-electron chi connectivity index (χ4n) is 3.10. The van der Waals surface area contributed by atoms with Crippen molar-refractivity contribution in [1.29, 1.82) is 0 Å². The van der Waals surface area contributed by atoms with Crippen LogP contribution in [0.25, 0.3) is 4.96 Å². The molecular weight excluding hydrogens is 272 g/mol. The van der Waals surface area contributed by atoms with Crippen LogP contribution in [0.1, 0.15) is 30.3 Å². The number of carbonyl (C=O) groups excluding carboxylic acids is 1. The van der Waals surface area contributed by atoms with Crippen LogP contribution in [0.2, 0.25) is 0 Å². The molecule has 1 fully saturated rings. The van der Waals surface area contributed by atoms with Crippen molar-refractivity contribution in [1.82, 2.24) is 14.3 Å². The van der Waals surface area contributed by atoms with Gasteiger partial charge in [0.1, 0.15) is 5.69 Å². The van der Waals surface area contributed by atoms with E-state index in [2.05, 4.69) is 21.7 Å². The highest BCUT2D eigenvalue weighted by Crippen LogP contribution is 2.25. The Bertz CT molecular complexity index is 605. The van der Waals surface area contributed by atoms with E-state index in [1.54, 1.807) is 11.3 Å². The Morgan fingerprint density at radius 2 is 2.45 bits per heavy atom. The number of aldehydes is 1. The first kappa shape index (κ1) is 13.6. The third-order valence-corrected chi connectivity index (χ3v) is 4.90. The van der Waals surface area contributed by atoms with Gasteiger partial charge in [0.2, 0.25) is 0 Å². The van der Waals surface area contributed by atoms with Gasteiger partial charge in [0.05, 0.1) is 0 Å². The molecule has 0 aliphatic carbocycles. The van der Waals surface area contributed by atoms with Gasteiger partial charge in [0.15, 0.2) is 17.1 Å². The second-order valence-corrected chi connectivity index (χ2v) is 6.17. The predicted octanol–water partition coefficient (Wildman–Crippen LogP) is 2.13. The van der Waals surface area contributed by atoms with Crippen molar-refractivity contribution in [3.8, 4) is 0 Å². The Morgan fingerprint density at radius 1 is 1.60 bits per heavy atom. The molecule has 2 aromatic rings. The molecule has 3 heterocycles. The molecule has 0 N–H and O–H groups in total. The molecule has 108 valence electrons. The van der Waals surface area contributed by atoms with Crippen LogP contribution in [0.15, 0.2) is 11.6 Å². The molecule has 0 saturated carbocycles. The third kappa shape index (κ3) is 2.23. The maximum absolute atomic E-state index is 11.4. The first-order valence-corrected chi connectivity index (χ1v) is 7.98. The van der Waals surface area contributed by atoms with Crippen LogP contribution in [-0.2, 0) is 0 Å². The lowest BCUT2D eigenvalue weighted by Gasteiger charge is -2.28. The van der Waals surface area contributed by atoms with E-state index in [0.717, 1.165) is 30.2 Å². The Kier molecular flexibility index (Phi) is 3.76. The second kappa shape index (κ2) is 5.54. The van der Waals surface area contributed by atoms with Crippen LogP contribution < -0.4 is 4.90 Å². The average molecular weight is 292 g/mol. The van der Waals surface area contributed by atoms with Gasteiger partial charge in [-0.05, 0) is 25.9 Å². The minimum Gasteiger partial charge on any atom is -0.356 e. The summed E-state index contributed by atoms with van der Waals surface area (Å²) in [6, 6.07) is 0.573. The van der Waals surface area contributed by atoms with Crippen molar-refractivity contribution in [3.63, 3.8) is 0 Å². The zero-order chi connectivity index (χ0) is 14.1. The van der Waals surface area contributed by atoms with E-state index in [4.69, 9.17) is 0 Å². The highest BCUT2D eigenvalue weighted by Gasteiger charge is 2.26. The minimum absolute atomic E-state index is 0.573. The number of aromatic nitrogens is 2. The number of imidazole rings is 1. The maximum Gasteiger partial charge on any atom is 0.196 e. The number of rotatable bonds is 5. The largest absolute Gasteiger partial charge is 0.356 e. The van der Waals surface area contributed by atoms with Crippen molar-refractivity contribution in [2.24, 2.45) is 0 Å². The van der Waals surface area contributed by atoms with Gasteiger partial charge in [-0.2, -0.15) is 0 Å². The molecule has 0 radical (unpaired) electrons. The number of nitrogens with zero attached hydrogens (tertiary/aromatic N) is 4. The molecule has 5 nitrogen and oxygen atoms in total. The highest BCUT2D eigenvalue weighted by atomic mass is 32.1. The molecule has 0 aromatic carbocycles. The number of fused-ring (bicyclic) bond motifs is 1. The zero-order valence-electron chi connectivity index (χ0n) is 12.0. The summed E-state index contributed by atoms with van der Waals surface area (Å²) in [5.41, 5.74) is 0.657. The number of hydrogen-bond acceptors (Lipinski definition) is 5. The molecule has 20 heavy (non-hydrogen) atoms. The van der Waals surface area contributed by atoms with Crippen molar-refractivity contribution >= 4 is 28.4 Å². The van der Waals surface area contributed by atoms with Gasteiger partial charge >= 0.3 is 0 Å². The summed E-state index contributed by atoms with van der Waals surface area (Å²) in [5.74, 6) is 0.801. The minimum atomic E-state index is 0.573. The van der Waals surface area contributed by atoms with E-state index in [0.29, 0.717) is 11.7 Å². The second-order valence-electron chi connectivity index (χ2n) is 5.30. The fraction of sp³-hybridized carbons (Fsp3) is 0.571. The molecule has 0 amide bonds. The van der Waals surface area contributed by atoms with Gasteiger partial charge in [-0.3, -0.25) is 14.1 Å². The van der Waals surface area contributed by atoms with Crippen molar-refractivity contribution in [3.05, 3.63) is 17.3 Å². The highest BCUT2D eigenvalue weighted by molar-refractivity contribution is 7.15. The van der Waals surface area contributed by atoms with Crippen LogP contribution in [0, 0.1) is 0 Å². The number of anilines is 1. The van der Waals surface area contributed by atoms with Gasteiger partial charge in [-0.15, -0.1) is 11.3 Å². The quantitative estimate of drug-likeness (QED) is 0.792. The zero-order valence-corrected chi connectivity index (χ0v) is 12.8. The standard InChI is InChI=1S/C14H20N4OS/c1-3-17-6-4-5-11(17)9-16(2)13-12(10-19)18-7-8-20-14(18)15-13/h7-8,10-11H,3-6,9H2,1-2H3. The fourth-order valence-corrected chi connectivity index (χ4v) is 3.82. The number of likely N-dealkylation sites (tertiary alicyclic amines) is 1. The SMILES string of the molecule is CCN1CCCC1CN(C)c1nc2sccn2c1C=O. The van der Waals surface area contributed by atoms with Crippen LogP contribution in [0.5, 0.6) is 0 Å². The van der Waals surface area contributed by atoms with Crippen molar-refractivity contribution in [2.45, 2.75) is 25.8 Å². The summed E-state index contributed by atoms with van der Waals surface area (Å²) in [7, 11) is 2.03. The lowest BCUT2D eigenvalue weighted by Crippen LogP contribution is -2.39. The van der Waals surface area contributed by atoms with Crippen LogP contribution in [-0.4, -0.2) is 53.3 Å². The summed E-state index contributed by atoms with van der Waals surface area (Å²) in [5, 5.41) is 1.95. The normalized spacial score (nSPS) is 19.8. The molecule has 1 atom stereocenters. The van der Waals surface area contributed by atoms with Crippen LogP contribution >= 0.6 is 11.3 Å². The van der Waals surface area contributed by atoms with Crippen molar-refractivity contribution < 1.29 is 4.79 Å². The molecule has 1 aliphatic rings. The molecule has 1 aliphatic heterocycles. The third-order valence-electron chi connectivity index (χ3n) is 4.14. The summed E-state index contributed by atoms with van der Waals surface area (Å²) >= 11 is 1.56. The van der Waals surface area contributed by atoms with E-state index >= 15 is 0 Å². The van der Waals surface area contributed by atoms with E-state index in [9.17, 15) is 4.79 Å². The molecule has 3 rings (SSSR count). The maximum atomic E-state index is 11.4. The smallest absolute Gasteiger partial charge is 0.196 e. The van der Waals surface area contributed by atoms with Gasteiger partial charge in [0.25, 0.3) is 0 Å².